The Morgan fingerprint density at radius 3 is 2.90 bits per heavy atom. The lowest BCUT2D eigenvalue weighted by atomic mass is 10.2. The smallest absolute Gasteiger partial charge is 0.231 e. The van der Waals surface area contributed by atoms with Gasteiger partial charge in [-0.15, -0.1) is 21.5 Å². The molecule has 4 aromatic rings. The molecule has 4 rings (SSSR count). The predicted octanol–water partition coefficient (Wildman–Crippen LogP) is 4.31. The molecule has 148 valence electrons. The van der Waals surface area contributed by atoms with Crippen LogP contribution in [0, 0.1) is 6.92 Å². The molecule has 9 heteroatoms. The van der Waals surface area contributed by atoms with Crippen molar-refractivity contribution in [1.29, 1.82) is 0 Å². The monoisotopic (exact) mass is 425 g/mol. The van der Waals surface area contributed by atoms with Crippen molar-refractivity contribution in [2.45, 2.75) is 24.3 Å². The number of hydrogen-bond donors (Lipinski definition) is 1. The van der Waals surface area contributed by atoms with Crippen LogP contribution in [0.1, 0.15) is 16.3 Å². The van der Waals surface area contributed by atoms with E-state index in [1.165, 1.54) is 11.3 Å². The number of aryl methyl sites for hydroxylation is 1. The fourth-order valence-electron chi connectivity index (χ4n) is 2.74. The number of anilines is 1. The fourth-order valence-corrected chi connectivity index (χ4v) is 4.44. The predicted molar refractivity (Wildman–Crippen MR) is 114 cm³/mol. The van der Waals surface area contributed by atoms with Crippen molar-refractivity contribution >= 4 is 34.7 Å². The standard InChI is InChI=1S/C20H19N5O2S2/c1-13-6-3-4-7-15(13)22-17(26)10-18-21-14(11-28-18)12-29-20-24-23-19(25(20)2)16-8-5-9-27-16/h3-9,11H,10,12H2,1-2H3,(H,22,26). The van der Waals surface area contributed by atoms with Gasteiger partial charge in [0.05, 0.1) is 18.4 Å². The minimum Gasteiger partial charge on any atom is -0.461 e. The van der Waals surface area contributed by atoms with Crippen molar-refractivity contribution in [3.05, 3.63) is 64.3 Å². The van der Waals surface area contributed by atoms with Crippen molar-refractivity contribution < 1.29 is 9.21 Å². The maximum atomic E-state index is 12.3. The number of para-hydroxylation sites is 1. The molecule has 0 aliphatic carbocycles. The summed E-state index contributed by atoms with van der Waals surface area (Å²) in [5, 5.41) is 14.9. The van der Waals surface area contributed by atoms with Crippen LogP contribution >= 0.6 is 23.1 Å². The lowest BCUT2D eigenvalue weighted by Gasteiger charge is -2.06. The van der Waals surface area contributed by atoms with Crippen molar-refractivity contribution in [2.75, 3.05) is 5.32 Å². The zero-order valence-electron chi connectivity index (χ0n) is 16.0. The van der Waals surface area contributed by atoms with Gasteiger partial charge in [-0.25, -0.2) is 4.98 Å². The molecule has 3 aromatic heterocycles. The van der Waals surface area contributed by atoms with E-state index in [4.69, 9.17) is 4.42 Å². The van der Waals surface area contributed by atoms with Gasteiger partial charge >= 0.3 is 0 Å². The molecule has 0 saturated carbocycles. The van der Waals surface area contributed by atoms with E-state index >= 15 is 0 Å². The molecule has 1 N–H and O–H groups in total. The molecule has 0 unspecified atom stereocenters. The summed E-state index contributed by atoms with van der Waals surface area (Å²) in [4.78, 5) is 16.9. The van der Waals surface area contributed by atoms with E-state index in [0.29, 0.717) is 17.3 Å². The Bertz CT molecular complexity index is 1120. The second-order valence-corrected chi connectivity index (χ2v) is 8.29. The van der Waals surface area contributed by atoms with E-state index in [-0.39, 0.29) is 12.3 Å². The summed E-state index contributed by atoms with van der Waals surface area (Å²) in [5.74, 6) is 1.95. The van der Waals surface area contributed by atoms with Crippen molar-refractivity contribution in [2.24, 2.45) is 7.05 Å². The number of amides is 1. The Labute approximate surface area is 176 Å². The Balaban J connectivity index is 1.34. The first-order valence-corrected chi connectivity index (χ1v) is 10.8. The van der Waals surface area contributed by atoms with Gasteiger partial charge in [-0.3, -0.25) is 4.79 Å². The number of carbonyl (C=O) groups is 1. The van der Waals surface area contributed by atoms with Gasteiger partial charge in [-0.05, 0) is 30.7 Å². The van der Waals surface area contributed by atoms with Crippen LogP contribution < -0.4 is 5.32 Å². The summed E-state index contributed by atoms with van der Waals surface area (Å²) in [7, 11) is 1.91. The molecule has 1 aromatic carbocycles. The van der Waals surface area contributed by atoms with Crippen LogP contribution in [0.15, 0.2) is 57.6 Å². The number of hydrogen-bond acceptors (Lipinski definition) is 7. The van der Waals surface area contributed by atoms with Gasteiger partial charge < -0.3 is 14.3 Å². The quantitative estimate of drug-likeness (QED) is 0.444. The summed E-state index contributed by atoms with van der Waals surface area (Å²) in [6, 6.07) is 11.4. The van der Waals surface area contributed by atoms with E-state index in [9.17, 15) is 4.79 Å². The molecule has 0 bridgehead atoms. The molecule has 0 saturated heterocycles. The van der Waals surface area contributed by atoms with E-state index in [2.05, 4.69) is 20.5 Å². The number of nitrogens with zero attached hydrogens (tertiary/aromatic N) is 4. The van der Waals surface area contributed by atoms with E-state index < -0.39 is 0 Å². The lowest BCUT2D eigenvalue weighted by molar-refractivity contribution is -0.115. The first-order chi connectivity index (χ1) is 14.1. The Morgan fingerprint density at radius 2 is 2.10 bits per heavy atom. The molecule has 3 heterocycles. The normalized spacial score (nSPS) is 11.0. The minimum atomic E-state index is -0.0655. The first-order valence-electron chi connectivity index (χ1n) is 8.95. The summed E-state index contributed by atoms with van der Waals surface area (Å²) < 4.78 is 7.28. The van der Waals surface area contributed by atoms with Crippen molar-refractivity contribution in [3.63, 3.8) is 0 Å². The lowest BCUT2D eigenvalue weighted by Crippen LogP contribution is -2.15. The third-order valence-corrected chi connectivity index (χ3v) is 6.21. The van der Waals surface area contributed by atoms with Gasteiger partial charge in [0, 0.05) is 23.9 Å². The molecule has 0 atom stereocenters. The molecule has 0 radical (unpaired) electrons. The third kappa shape index (κ3) is 4.57. The molecule has 7 nitrogen and oxygen atoms in total. The molecule has 0 fully saturated rings. The summed E-state index contributed by atoms with van der Waals surface area (Å²) in [6.07, 6.45) is 1.87. The SMILES string of the molecule is Cc1ccccc1NC(=O)Cc1nc(CSc2nnc(-c3ccco3)n2C)cs1. The number of carbonyl (C=O) groups excluding carboxylic acids is 1. The maximum Gasteiger partial charge on any atom is 0.231 e. The van der Waals surface area contributed by atoms with Gasteiger partial charge in [0.1, 0.15) is 5.01 Å². The molecule has 0 spiro atoms. The van der Waals surface area contributed by atoms with Gasteiger partial charge in [0.15, 0.2) is 16.7 Å². The number of thiazole rings is 1. The van der Waals surface area contributed by atoms with Crippen LogP contribution in [0.25, 0.3) is 11.6 Å². The first kappa shape index (κ1) is 19.4. The summed E-state index contributed by atoms with van der Waals surface area (Å²) in [6.45, 7) is 1.97. The highest BCUT2D eigenvalue weighted by Crippen LogP contribution is 2.26. The van der Waals surface area contributed by atoms with Crippen LogP contribution in [0.4, 0.5) is 5.69 Å². The third-order valence-electron chi connectivity index (χ3n) is 4.26. The second-order valence-electron chi connectivity index (χ2n) is 6.40. The number of nitrogens with one attached hydrogen (secondary N) is 1. The number of aromatic nitrogens is 4. The average Bonchev–Trinajstić information content (AvgIpc) is 3.44. The maximum absolute atomic E-state index is 12.3. The molecule has 0 aliphatic rings. The molecule has 29 heavy (non-hydrogen) atoms. The number of benzene rings is 1. The highest BCUT2D eigenvalue weighted by atomic mass is 32.2. The van der Waals surface area contributed by atoms with Crippen LogP contribution in [-0.2, 0) is 24.0 Å². The molecular weight excluding hydrogens is 406 g/mol. The zero-order chi connectivity index (χ0) is 20.2. The Kier molecular flexibility index (Phi) is 5.77. The molecular formula is C20H19N5O2S2. The van der Waals surface area contributed by atoms with Crippen LogP contribution in [-0.4, -0.2) is 25.7 Å². The Hall–Kier alpha value is -2.91. The van der Waals surface area contributed by atoms with Crippen LogP contribution in [0.2, 0.25) is 0 Å². The van der Waals surface area contributed by atoms with Crippen molar-refractivity contribution in [1.82, 2.24) is 19.7 Å². The number of thioether (sulfide) groups is 1. The van der Waals surface area contributed by atoms with E-state index in [1.54, 1.807) is 18.0 Å². The zero-order valence-corrected chi connectivity index (χ0v) is 17.6. The van der Waals surface area contributed by atoms with E-state index in [0.717, 1.165) is 27.1 Å². The molecule has 0 aliphatic heterocycles. The van der Waals surface area contributed by atoms with Gasteiger partial charge in [-0.2, -0.15) is 0 Å². The Morgan fingerprint density at radius 1 is 1.24 bits per heavy atom. The summed E-state index contributed by atoms with van der Waals surface area (Å²) >= 11 is 3.04. The number of furan rings is 1. The summed E-state index contributed by atoms with van der Waals surface area (Å²) in [5.41, 5.74) is 2.79. The second kappa shape index (κ2) is 8.62. The highest BCUT2D eigenvalue weighted by Gasteiger charge is 2.14. The van der Waals surface area contributed by atoms with Crippen LogP contribution in [0.3, 0.4) is 0 Å². The minimum absolute atomic E-state index is 0.0655. The largest absolute Gasteiger partial charge is 0.461 e. The fraction of sp³-hybridized carbons (Fsp3) is 0.200. The van der Waals surface area contributed by atoms with Crippen LogP contribution in [0.5, 0.6) is 0 Å². The highest BCUT2D eigenvalue weighted by molar-refractivity contribution is 7.98. The number of rotatable bonds is 7. The van der Waals surface area contributed by atoms with Gasteiger partial charge in [0.2, 0.25) is 5.91 Å². The van der Waals surface area contributed by atoms with Crippen molar-refractivity contribution in [3.8, 4) is 11.6 Å². The topological polar surface area (TPSA) is 85.8 Å². The molecule has 1 amide bonds. The van der Waals surface area contributed by atoms with E-state index in [1.807, 2.05) is 60.3 Å². The van der Waals surface area contributed by atoms with Gasteiger partial charge in [-0.1, -0.05) is 30.0 Å². The average molecular weight is 426 g/mol. The van der Waals surface area contributed by atoms with Gasteiger partial charge in [0.25, 0.3) is 0 Å².